The highest BCUT2D eigenvalue weighted by Crippen LogP contribution is 2.55. The van der Waals surface area contributed by atoms with Crippen LogP contribution in [-0.4, -0.2) is 74.0 Å². The van der Waals surface area contributed by atoms with Gasteiger partial charge < -0.3 is 23.7 Å². The number of benzene rings is 3. The van der Waals surface area contributed by atoms with E-state index in [0.717, 1.165) is 5.56 Å². The molecule has 8 nitrogen and oxygen atoms in total. The minimum absolute atomic E-state index is 0.0568. The summed E-state index contributed by atoms with van der Waals surface area (Å²) in [4.78, 5) is 28.0. The van der Waals surface area contributed by atoms with Crippen molar-refractivity contribution in [1.82, 2.24) is 4.90 Å². The van der Waals surface area contributed by atoms with Crippen molar-refractivity contribution < 1.29 is 33.3 Å². The third-order valence-electron chi connectivity index (χ3n) is 9.94. The number of carbonyl (C=O) groups is 2. The van der Waals surface area contributed by atoms with Gasteiger partial charge in [0.2, 0.25) is 0 Å². The SMILES string of the molecule is COC(=O)[C@@H]1C[C@]2(O)C(C[C@@H]3O[C@@H]3[C@H]2CCO[Si](c2ccccc2)(c2ccccc2)C(C)(C)C)N1C(=O)OCc1ccccc1. The van der Waals surface area contributed by atoms with Crippen LogP contribution < -0.4 is 10.4 Å². The number of ether oxygens (including phenoxy) is 3. The van der Waals surface area contributed by atoms with Crippen molar-refractivity contribution in [2.24, 2.45) is 5.92 Å². The number of aliphatic hydroxyl groups is 1. The topological polar surface area (TPSA) is 97.8 Å². The summed E-state index contributed by atoms with van der Waals surface area (Å²) in [6.07, 6.45) is 0.0973. The smallest absolute Gasteiger partial charge is 0.411 e. The molecule has 6 rings (SSSR count). The molecule has 3 aliphatic rings. The second kappa shape index (κ2) is 12.4. The molecule has 1 saturated carbocycles. The third-order valence-corrected chi connectivity index (χ3v) is 15.0. The number of likely N-dealkylation sites (tertiary alicyclic amines) is 1. The van der Waals surface area contributed by atoms with Crippen LogP contribution in [0.5, 0.6) is 0 Å². The maximum Gasteiger partial charge on any atom is 0.411 e. The lowest BCUT2D eigenvalue weighted by Crippen LogP contribution is -2.66. The van der Waals surface area contributed by atoms with E-state index in [1.54, 1.807) is 0 Å². The van der Waals surface area contributed by atoms with E-state index >= 15 is 0 Å². The molecule has 3 fully saturated rings. The molecule has 2 saturated heterocycles. The van der Waals surface area contributed by atoms with Gasteiger partial charge in [-0.1, -0.05) is 112 Å². The summed E-state index contributed by atoms with van der Waals surface area (Å²) < 4.78 is 24.1. The second-order valence-corrected chi connectivity index (χ2v) is 17.8. The molecule has 9 heteroatoms. The van der Waals surface area contributed by atoms with Gasteiger partial charge in [-0.2, -0.15) is 0 Å². The number of amides is 1. The summed E-state index contributed by atoms with van der Waals surface area (Å²) in [5, 5.41) is 14.6. The molecule has 0 aromatic heterocycles. The molecule has 3 aromatic rings. The van der Waals surface area contributed by atoms with Crippen LogP contribution in [0.15, 0.2) is 91.0 Å². The van der Waals surface area contributed by atoms with Gasteiger partial charge >= 0.3 is 12.1 Å². The first-order chi connectivity index (χ1) is 21.6. The first-order valence-corrected chi connectivity index (χ1v) is 17.7. The Labute approximate surface area is 266 Å². The summed E-state index contributed by atoms with van der Waals surface area (Å²) in [6, 6.07) is 28.7. The number of epoxide rings is 1. The Hall–Kier alpha value is -3.50. The molecule has 0 radical (unpaired) electrons. The lowest BCUT2D eigenvalue weighted by atomic mass is 9.70. The maximum absolute atomic E-state index is 13.6. The Morgan fingerprint density at radius 2 is 1.53 bits per heavy atom. The molecule has 6 atom stereocenters. The van der Waals surface area contributed by atoms with E-state index in [2.05, 4.69) is 69.3 Å². The number of esters is 1. The largest absolute Gasteiger partial charge is 0.467 e. The van der Waals surface area contributed by atoms with Crippen LogP contribution in [0.4, 0.5) is 4.79 Å². The number of hydrogen-bond acceptors (Lipinski definition) is 7. The van der Waals surface area contributed by atoms with Gasteiger partial charge in [-0.05, 0) is 33.8 Å². The highest BCUT2D eigenvalue weighted by molar-refractivity contribution is 6.99. The van der Waals surface area contributed by atoms with Crippen LogP contribution in [0.3, 0.4) is 0 Å². The van der Waals surface area contributed by atoms with Gasteiger partial charge in [0, 0.05) is 18.9 Å². The van der Waals surface area contributed by atoms with Crippen LogP contribution >= 0.6 is 0 Å². The minimum atomic E-state index is -2.79. The molecular weight excluding hydrogens is 586 g/mol. The fourth-order valence-electron chi connectivity index (χ4n) is 7.82. The van der Waals surface area contributed by atoms with E-state index in [1.807, 2.05) is 42.5 Å². The predicted octanol–water partition coefficient (Wildman–Crippen LogP) is 4.42. The highest BCUT2D eigenvalue weighted by atomic mass is 28.4. The van der Waals surface area contributed by atoms with Gasteiger partial charge in [0.1, 0.15) is 12.6 Å². The summed E-state index contributed by atoms with van der Waals surface area (Å²) in [5.74, 6) is -0.898. The molecule has 2 heterocycles. The fourth-order valence-corrected chi connectivity index (χ4v) is 12.4. The lowest BCUT2D eigenvalue weighted by Gasteiger charge is -2.44. The molecule has 1 unspecified atom stereocenters. The third kappa shape index (κ3) is 5.71. The van der Waals surface area contributed by atoms with Crippen molar-refractivity contribution >= 4 is 30.8 Å². The van der Waals surface area contributed by atoms with Crippen LogP contribution in [-0.2, 0) is 30.0 Å². The van der Waals surface area contributed by atoms with Crippen LogP contribution in [0, 0.1) is 5.92 Å². The Morgan fingerprint density at radius 1 is 0.956 bits per heavy atom. The maximum atomic E-state index is 13.6. The summed E-state index contributed by atoms with van der Waals surface area (Å²) in [7, 11) is -1.49. The summed E-state index contributed by atoms with van der Waals surface area (Å²) >= 11 is 0. The van der Waals surface area contributed by atoms with Gasteiger partial charge in [0.15, 0.2) is 0 Å². The monoisotopic (exact) mass is 629 g/mol. The normalized spacial score (nSPS) is 27.3. The number of methoxy groups -OCH3 is 1. The number of rotatable bonds is 9. The van der Waals surface area contributed by atoms with Crippen LogP contribution in [0.1, 0.15) is 45.6 Å². The van der Waals surface area contributed by atoms with Crippen molar-refractivity contribution in [3.8, 4) is 0 Å². The minimum Gasteiger partial charge on any atom is -0.467 e. The summed E-state index contributed by atoms with van der Waals surface area (Å²) in [5.41, 5.74) is -0.528. The van der Waals surface area contributed by atoms with Gasteiger partial charge in [-0.15, -0.1) is 0 Å². The van der Waals surface area contributed by atoms with Gasteiger partial charge in [0.05, 0.1) is 31.0 Å². The molecule has 0 spiro atoms. The zero-order valence-corrected chi connectivity index (χ0v) is 27.4. The van der Waals surface area contributed by atoms with Crippen molar-refractivity contribution in [1.29, 1.82) is 0 Å². The average molecular weight is 630 g/mol. The Bertz CT molecular complexity index is 1440. The number of nitrogens with zero attached hydrogens (tertiary/aromatic N) is 1. The Balaban J connectivity index is 1.26. The second-order valence-electron chi connectivity index (χ2n) is 13.5. The highest BCUT2D eigenvalue weighted by Gasteiger charge is 2.69. The predicted molar refractivity (Wildman–Crippen MR) is 173 cm³/mol. The Kier molecular flexibility index (Phi) is 8.65. The lowest BCUT2D eigenvalue weighted by molar-refractivity contribution is -0.145. The molecule has 3 aromatic carbocycles. The number of carbonyl (C=O) groups excluding carboxylic acids is 2. The zero-order valence-electron chi connectivity index (χ0n) is 26.4. The fraction of sp³-hybridized carbons (Fsp3) is 0.444. The van der Waals surface area contributed by atoms with Crippen LogP contribution in [0.2, 0.25) is 5.04 Å². The van der Waals surface area contributed by atoms with E-state index in [9.17, 15) is 14.7 Å². The van der Waals surface area contributed by atoms with E-state index in [4.69, 9.17) is 18.6 Å². The van der Waals surface area contributed by atoms with Crippen molar-refractivity contribution in [3.63, 3.8) is 0 Å². The van der Waals surface area contributed by atoms with Gasteiger partial charge in [0.25, 0.3) is 8.32 Å². The molecule has 1 N–H and O–H groups in total. The molecule has 2 aliphatic heterocycles. The number of fused-ring (bicyclic) bond motifs is 2. The van der Waals surface area contributed by atoms with Crippen molar-refractivity contribution in [2.45, 2.75) is 81.6 Å². The van der Waals surface area contributed by atoms with Crippen LogP contribution in [0.25, 0.3) is 0 Å². The first-order valence-electron chi connectivity index (χ1n) is 15.8. The molecule has 45 heavy (non-hydrogen) atoms. The van der Waals surface area contributed by atoms with Gasteiger partial charge in [-0.25, -0.2) is 9.59 Å². The average Bonchev–Trinajstić information content (AvgIpc) is 3.75. The van der Waals surface area contributed by atoms with E-state index in [-0.39, 0.29) is 36.2 Å². The standard InChI is InChI=1S/C36H43NO7Si/c1-35(2,3)45(26-16-10-6-11-17-26,27-18-12-7-13-19-27)43-21-20-28-32-30(44-32)22-31-36(28,40)23-29(33(38)41-4)37(31)34(39)42-24-25-14-8-5-9-15-25/h5-19,28-32,40H,20-24H2,1-4H3/t28-,29+,30+,31?,32-,36-/m1/s1. The molecule has 1 aliphatic carbocycles. The molecular formula is C36H43NO7Si. The zero-order chi connectivity index (χ0) is 31.8. The van der Waals surface area contributed by atoms with Crippen molar-refractivity contribution in [2.75, 3.05) is 13.7 Å². The van der Waals surface area contributed by atoms with Crippen molar-refractivity contribution in [3.05, 3.63) is 96.6 Å². The summed E-state index contributed by atoms with van der Waals surface area (Å²) in [6.45, 7) is 7.16. The quantitative estimate of drug-likeness (QED) is 0.213. The first kappa shape index (κ1) is 31.5. The van der Waals surface area contributed by atoms with E-state index in [1.165, 1.54) is 22.4 Å². The molecule has 1 amide bonds. The van der Waals surface area contributed by atoms with E-state index in [0.29, 0.717) is 19.4 Å². The Morgan fingerprint density at radius 3 is 2.09 bits per heavy atom. The number of hydrogen-bond donors (Lipinski definition) is 1. The van der Waals surface area contributed by atoms with E-state index < -0.39 is 38.1 Å². The van der Waals surface area contributed by atoms with Gasteiger partial charge in [-0.3, -0.25) is 4.90 Å². The molecule has 238 valence electrons. The molecule has 0 bridgehead atoms.